The Labute approximate surface area is 185 Å². The molecule has 0 unspecified atom stereocenters. The van der Waals surface area contributed by atoms with Crippen LogP contribution in [0.1, 0.15) is 21.6 Å². The van der Waals surface area contributed by atoms with Crippen LogP contribution in [0.4, 0.5) is 0 Å². The lowest BCUT2D eigenvalue weighted by molar-refractivity contribution is 0.186. The summed E-state index contributed by atoms with van der Waals surface area (Å²) in [6.07, 6.45) is 1.37. The number of rotatable bonds is 8. The number of aryl methyl sites for hydroxylation is 2. The van der Waals surface area contributed by atoms with Crippen molar-refractivity contribution in [3.8, 4) is 0 Å². The first-order chi connectivity index (χ1) is 15.1. The zero-order valence-corrected chi connectivity index (χ0v) is 18.7. The summed E-state index contributed by atoms with van der Waals surface area (Å²) >= 11 is 1.54. The molecule has 0 spiro atoms. The number of thiophene rings is 1. The van der Waals surface area contributed by atoms with Crippen molar-refractivity contribution in [3.63, 3.8) is 0 Å². The molecule has 2 heterocycles. The fourth-order valence-corrected chi connectivity index (χ4v) is 5.20. The Balaban J connectivity index is 1.81. The summed E-state index contributed by atoms with van der Waals surface area (Å²) in [6.45, 7) is 3.18. The highest BCUT2D eigenvalue weighted by Gasteiger charge is 2.20. The van der Waals surface area contributed by atoms with Crippen LogP contribution in [0.2, 0.25) is 0 Å². The zero-order valence-electron chi connectivity index (χ0n) is 17.8. The van der Waals surface area contributed by atoms with Gasteiger partial charge in [-0.1, -0.05) is 60.7 Å². The van der Waals surface area contributed by atoms with Crippen molar-refractivity contribution in [1.82, 2.24) is 9.13 Å². The molecule has 0 aliphatic carbocycles. The van der Waals surface area contributed by atoms with Crippen molar-refractivity contribution in [3.05, 3.63) is 103 Å². The number of methoxy groups -OCH3 is 1. The third-order valence-electron chi connectivity index (χ3n) is 5.59. The summed E-state index contributed by atoms with van der Waals surface area (Å²) in [7, 11) is 1.62. The third kappa shape index (κ3) is 4.40. The van der Waals surface area contributed by atoms with Gasteiger partial charge in [-0.15, -0.1) is 11.3 Å². The first-order valence-electron chi connectivity index (χ1n) is 10.4. The second-order valence-corrected chi connectivity index (χ2v) is 8.70. The van der Waals surface area contributed by atoms with Crippen LogP contribution in [0.15, 0.2) is 70.3 Å². The molecule has 0 radical (unpaired) electrons. The maximum atomic E-state index is 13.4. The van der Waals surface area contributed by atoms with E-state index < -0.39 is 0 Å². The van der Waals surface area contributed by atoms with E-state index in [4.69, 9.17) is 4.74 Å². The lowest BCUT2D eigenvalue weighted by atomic mass is 10.1. The molecule has 0 atom stereocenters. The first kappa shape index (κ1) is 21.3. The van der Waals surface area contributed by atoms with Gasteiger partial charge in [-0.25, -0.2) is 4.79 Å². The Morgan fingerprint density at radius 3 is 2.16 bits per heavy atom. The Morgan fingerprint density at radius 2 is 1.52 bits per heavy atom. The maximum Gasteiger partial charge on any atom is 0.332 e. The summed E-state index contributed by atoms with van der Waals surface area (Å²) in [5, 5.41) is 0.652. The van der Waals surface area contributed by atoms with Crippen molar-refractivity contribution in [2.45, 2.75) is 32.9 Å². The molecule has 4 rings (SSSR count). The van der Waals surface area contributed by atoms with Gasteiger partial charge in [0.15, 0.2) is 0 Å². The number of benzene rings is 2. The van der Waals surface area contributed by atoms with Gasteiger partial charge in [0.2, 0.25) is 0 Å². The SMILES string of the molecule is COCCn1c(=O)n(CCc2ccccc2)c(=O)c2c(C)c(Cc3ccccc3)sc21. The van der Waals surface area contributed by atoms with Crippen molar-refractivity contribution < 1.29 is 4.74 Å². The van der Waals surface area contributed by atoms with E-state index in [2.05, 4.69) is 12.1 Å². The standard InChI is InChI=1S/C25H26N2O3S/c1-18-21(17-20-11-7-4-8-12-20)31-24-22(18)23(28)26(25(29)27(24)15-16-30-2)14-13-19-9-5-3-6-10-19/h3-12H,13-17H2,1-2H3. The van der Waals surface area contributed by atoms with Gasteiger partial charge in [-0.2, -0.15) is 0 Å². The van der Waals surface area contributed by atoms with E-state index >= 15 is 0 Å². The van der Waals surface area contributed by atoms with Crippen LogP contribution < -0.4 is 11.2 Å². The van der Waals surface area contributed by atoms with Crippen LogP contribution in [-0.4, -0.2) is 22.9 Å². The summed E-state index contributed by atoms with van der Waals surface area (Å²) in [5.74, 6) is 0. The molecule has 0 amide bonds. The van der Waals surface area contributed by atoms with Crippen molar-refractivity contribution >= 4 is 21.6 Å². The third-order valence-corrected chi connectivity index (χ3v) is 6.90. The van der Waals surface area contributed by atoms with E-state index in [1.165, 1.54) is 10.1 Å². The van der Waals surface area contributed by atoms with Crippen LogP contribution >= 0.6 is 11.3 Å². The quantitative estimate of drug-likeness (QED) is 0.421. The van der Waals surface area contributed by atoms with E-state index in [1.54, 1.807) is 23.0 Å². The van der Waals surface area contributed by atoms with Gasteiger partial charge in [-0.3, -0.25) is 13.9 Å². The molecule has 4 aromatic rings. The highest BCUT2D eigenvalue weighted by atomic mass is 32.1. The average Bonchev–Trinajstić information content (AvgIpc) is 3.11. The number of ether oxygens (including phenoxy) is 1. The van der Waals surface area contributed by atoms with Crippen LogP contribution in [0.3, 0.4) is 0 Å². The fraction of sp³-hybridized carbons (Fsp3) is 0.280. The fourth-order valence-electron chi connectivity index (χ4n) is 3.85. The minimum Gasteiger partial charge on any atom is -0.383 e. The van der Waals surface area contributed by atoms with Crippen LogP contribution in [0, 0.1) is 6.92 Å². The molecule has 0 fully saturated rings. The predicted molar refractivity (Wildman–Crippen MR) is 126 cm³/mol. The molecule has 2 aromatic carbocycles. The van der Waals surface area contributed by atoms with Gasteiger partial charge in [-0.05, 0) is 30.0 Å². The molecule has 2 aromatic heterocycles. The second-order valence-electron chi connectivity index (χ2n) is 7.61. The monoisotopic (exact) mass is 434 g/mol. The van der Waals surface area contributed by atoms with E-state index in [9.17, 15) is 9.59 Å². The summed E-state index contributed by atoms with van der Waals surface area (Å²) in [4.78, 5) is 28.6. The molecule has 0 aliphatic heterocycles. The molecule has 0 bridgehead atoms. The number of hydrogen-bond donors (Lipinski definition) is 0. The average molecular weight is 435 g/mol. The normalized spacial score (nSPS) is 11.3. The van der Waals surface area contributed by atoms with Crippen molar-refractivity contribution in [2.24, 2.45) is 0 Å². The largest absolute Gasteiger partial charge is 0.383 e. The van der Waals surface area contributed by atoms with Gasteiger partial charge in [0.05, 0.1) is 18.5 Å². The number of fused-ring (bicyclic) bond motifs is 1. The Morgan fingerprint density at radius 1 is 0.871 bits per heavy atom. The molecule has 6 heteroatoms. The van der Waals surface area contributed by atoms with Gasteiger partial charge in [0.25, 0.3) is 5.56 Å². The molecule has 0 saturated carbocycles. The van der Waals surface area contributed by atoms with E-state index in [1.807, 2.05) is 55.5 Å². The van der Waals surface area contributed by atoms with Crippen LogP contribution in [0.5, 0.6) is 0 Å². The molecule has 5 nitrogen and oxygen atoms in total. The van der Waals surface area contributed by atoms with E-state index in [0.717, 1.165) is 27.3 Å². The highest BCUT2D eigenvalue weighted by molar-refractivity contribution is 7.18. The molecule has 0 aliphatic rings. The topological polar surface area (TPSA) is 53.2 Å². The van der Waals surface area contributed by atoms with E-state index in [-0.39, 0.29) is 11.2 Å². The maximum absolute atomic E-state index is 13.4. The molecule has 0 saturated heterocycles. The molecule has 31 heavy (non-hydrogen) atoms. The smallest absolute Gasteiger partial charge is 0.332 e. The Hall–Kier alpha value is -2.96. The van der Waals surface area contributed by atoms with Crippen molar-refractivity contribution in [1.29, 1.82) is 0 Å². The lowest BCUT2D eigenvalue weighted by Gasteiger charge is -2.12. The molecular formula is C25H26N2O3S. The molecule has 0 N–H and O–H groups in total. The lowest BCUT2D eigenvalue weighted by Crippen LogP contribution is -2.40. The number of aromatic nitrogens is 2. The minimum atomic E-state index is -0.266. The summed E-state index contributed by atoms with van der Waals surface area (Å²) in [5.41, 5.74) is 2.79. The van der Waals surface area contributed by atoms with Gasteiger partial charge < -0.3 is 4.74 Å². The van der Waals surface area contributed by atoms with E-state index in [0.29, 0.717) is 31.5 Å². The molecule has 160 valence electrons. The van der Waals surface area contributed by atoms with Gasteiger partial charge >= 0.3 is 5.69 Å². The Bertz CT molecular complexity index is 1290. The van der Waals surface area contributed by atoms with Crippen LogP contribution in [0.25, 0.3) is 10.2 Å². The second kappa shape index (κ2) is 9.45. The van der Waals surface area contributed by atoms with Gasteiger partial charge in [0.1, 0.15) is 4.83 Å². The number of hydrogen-bond acceptors (Lipinski definition) is 4. The predicted octanol–water partition coefficient (Wildman–Crippen LogP) is 4.01. The summed E-state index contributed by atoms with van der Waals surface area (Å²) in [6, 6.07) is 20.1. The number of nitrogens with zero attached hydrogens (tertiary/aromatic N) is 2. The highest BCUT2D eigenvalue weighted by Crippen LogP contribution is 2.29. The summed E-state index contributed by atoms with van der Waals surface area (Å²) < 4.78 is 8.33. The first-order valence-corrected chi connectivity index (χ1v) is 11.2. The van der Waals surface area contributed by atoms with Crippen molar-refractivity contribution in [2.75, 3.05) is 13.7 Å². The van der Waals surface area contributed by atoms with Gasteiger partial charge in [0, 0.05) is 25.0 Å². The zero-order chi connectivity index (χ0) is 21.8. The minimum absolute atomic E-state index is 0.197. The molecular weight excluding hydrogens is 408 g/mol. The Kier molecular flexibility index (Phi) is 6.49. The van der Waals surface area contributed by atoms with Crippen LogP contribution in [-0.2, 0) is 30.7 Å².